The maximum Gasteiger partial charge on any atom is 0.296 e. The minimum Gasteiger partial charge on any atom is -0.507 e. The van der Waals surface area contributed by atoms with Crippen molar-refractivity contribution in [3.05, 3.63) is 93.4 Å². The molecule has 0 spiro atoms. The number of hydrogen-bond donors (Lipinski definition) is 1. The zero-order valence-electron chi connectivity index (χ0n) is 20.2. The highest BCUT2D eigenvalue weighted by Gasteiger charge is 2.50. The Morgan fingerprint density at radius 1 is 1.08 bits per heavy atom. The molecule has 1 amide bonds. The van der Waals surface area contributed by atoms with Crippen molar-refractivity contribution in [2.45, 2.75) is 31.5 Å². The first-order chi connectivity index (χ1) is 17.9. The summed E-state index contributed by atoms with van der Waals surface area (Å²) < 4.78 is 11.1. The summed E-state index contributed by atoms with van der Waals surface area (Å²) in [7, 11) is 1.40. The van der Waals surface area contributed by atoms with E-state index in [4.69, 9.17) is 32.4 Å². The number of ether oxygens (including phenoxy) is 1. The molecule has 0 bridgehead atoms. The molecule has 2 saturated heterocycles. The van der Waals surface area contributed by atoms with Crippen LogP contribution in [0.2, 0.25) is 10.0 Å². The Bertz CT molecular complexity index is 1330. The Morgan fingerprint density at radius 2 is 1.81 bits per heavy atom. The quantitative estimate of drug-likeness (QED) is 0.246. The molecule has 1 atom stereocenters. The molecular weight excluding hydrogens is 515 g/mol. The van der Waals surface area contributed by atoms with E-state index in [0.717, 1.165) is 19.6 Å². The van der Waals surface area contributed by atoms with Crippen LogP contribution >= 0.6 is 23.2 Å². The molecule has 0 aliphatic carbocycles. The van der Waals surface area contributed by atoms with Gasteiger partial charge in [0, 0.05) is 30.7 Å². The van der Waals surface area contributed by atoms with Gasteiger partial charge in [0.05, 0.1) is 29.5 Å². The third kappa shape index (κ3) is 4.87. The molecule has 1 N–H and O–H groups in total. The molecule has 192 valence electrons. The number of aliphatic hydroxyl groups excluding tert-OH is 1. The number of benzene rings is 2. The number of likely N-dealkylation sites (tertiary alicyclic amines) is 2. The summed E-state index contributed by atoms with van der Waals surface area (Å²) >= 11 is 12.5. The topological polar surface area (TPSA) is 83.2 Å². The van der Waals surface area contributed by atoms with E-state index in [0.29, 0.717) is 18.6 Å². The van der Waals surface area contributed by atoms with E-state index in [9.17, 15) is 14.7 Å². The summed E-state index contributed by atoms with van der Waals surface area (Å²) in [6.45, 7) is 2.36. The number of hydrogen-bond acceptors (Lipinski definition) is 6. The minimum atomic E-state index is -0.886. The largest absolute Gasteiger partial charge is 0.507 e. The van der Waals surface area contributed by atoms with E-state index in [-0.39, 0.29) is 33.0 Å². The second-order valence-corrected chi connectivity index (χ2v) is 10.0. The molecule has 1 unspecified atom stereocenters. The average molecular weight is 541 g/mol. The predicted molar refractivity (Wildman–Crippen MR) is 141 cm³/mol. The number of aliphatic hydroxyl groups is 1. The van der Waals surface area contributed by atoms with Crippen molar-refractivity contribution in [2.75, 3.05) is 20.2 Å². The number of nitrogens with zero attached hydrogens (tertiary/aromatic N) is 2. The number of carbonyl (C=O) groups is 2. The second-order valence-electron chi connectivity index (χ2n) is 9.18. The molecule has 0 saturated carbocycles. The number of Topliss-reactive ketones (excluding diaryl/α,β-unsaturated/α-hetero) is 1. The van der Waals surface area contributed by atoms with Gasteiger partial charge in [-0.15, -0.1) is 0 Å². The van der Waals surface area contributed by atoms with Gasteiger partial charge in [0.15, 0.2) is 0 Å². The molecule has 2 aromatic carbocycles. The summed E-state index contributed by atoms with van der Waals surface area (Å²) in [5.41, 5.74) is 1.28. The number of halogens is 2. The molecule has 2 aliphatic rings. The van der Waals surface area contributed by atoms with Gasteiger partial charge in [-0.2, -0.15) is 0 Å². The predicted octanol–water partition coefficient (Wildman–Crippen LogP) is 5.68. The Hall–Kier alpha value is -3.26. The summed E-state index contributed by atoms with van der Waals surface area (Å²) in [5, 5.41) is 11.8. The number of rotatable bonds is 6. The SMILES string of the molecule is COc1c(Cl)cc(Cl)cc1/C(O)=C1/C(=O)C(=O)N(C2CCN(Cc3ccccc3)CC2)C1c1ccco1. The van der Waals surface area contributed by atoms with Crippen molar-refractivity contribution in [2.24, 2.45) is 0 Å². The molecule has 2 fully saturated rings. The highest BCUT2D eigenvalue weighted by atomic mass is 35.5. The lowest BCUT2D eigenvalue weighted by atomic mass is 9.96. The summed E-state index contributed by atoms with van der Waals surface area (Å²) in [4.78, 5) is 30.7. The van der Waals surface area contributed by atoms with Crippen molar-refractivity contribution >= 4 is 40.7 Å². The van der Waals surface area contributed by atoms with Gasteiger partial charge in [-0.1, -0.05) is 53.5 Å². The van der Waals surface area contributed by atoms with Crippen LogP contribution in [0.1, 0.15) is 35.8 Å². The van der Waals surface area contributed by atoms with Crippen LogP contribution in [0, 0.1) is 0 Å². The Balaban J connectivity index is 1.49. The number of piperidine rings is 1. The number of furan rings is 1. The second kappa shape index (κ2) is 10.6. The Kier molecular flexibility index (Phi) is 7.29. The van der Waals surface area contributed by atoms with Crippen LogP contribution in [0.4, 0.5) is 0 Å². The van der Waals surface area contributed by atoms with Crippen LogP contribution in [-0.2, 0) is 16.1 Å². The molecular formula is C28H26Cl2N2O5. The van der Waals surface area contributed by atoms with Crippen molar-refractivity contribution < 1.29 is 23.8 Å². The van der Waals surface area contributed by atoms with Gasteiger partial charge in [0.25, 0.3) is 11.7 Å². The van der Waals surface area contributed by atoms with E-state index in [2.05, 4.69) is 17.0 Å². The van der Waals surface area contributed by atoms with E-state index in [1.54, 1.807) is 17.0 Å². The molecule has 9 heteroatoms. The monoisotopic (exact) mass is 540 g/mol. The van der Waals surface area contributed by atoms with Gasteiger partial charge in [0.2, 0.25) is 0 Å². The van der Waals surface area contributed by atoms with Gasteiger partial charge in [0.1, 0.15) is 23.3 Å². The summed E-state index contributed by atoms with van der Waals surface area (Å²) in [6, 6.07) is 15.5. The van der Waals surface area contributed by atoms with Crippen molar-refractivity contribution in [1.82, 2.24) is 9.80 Å². The number of amides is 1. The zero-order chi connectivity index (χ0) is 26.1. The van der Waals surface area contributed by atoms with Gasteiger partial charge in [-0.25, -0.2) is 0 Å². The molecule has 3 aromatic rings. The molecule has 5 rings (SSSR count). The standard InChI is InChI=1S/C28H26Cl2N2O5/c1-36-27-20(14-18(29)15-21(27)30)25(33)23-24(22-8-5-13-37-22)32(28(35)26(23)34)19-9-11-31(12-10-19)16-17-6-3-2-4-7-17/h2-8,13-15,19,24,33H,9-12,16H2,1H3/b25-23-. The summed E-state index contributed by atoms with van der Waals surface area (Å²) in [6.07, 6.45) is 2.85. The van der Waals surface area contributed by atoms with Crippen LogP contribution < -0.4 is 4.74 Å². The lowest BCUT2D eigenvalue weighted by Crippen LogP contribution is -2.46. The maximum absolute atomic E-state index is 13.4. The third-order valence-electron chi connectivity index (χ3n) is 6.96. The van der Waals surface area contributed by atoms with Gasteiger partial charge < -0.3 is 19.2 Å². The van der Waals surface area contributed by atoms with Crippen molar-refractivity contribution in [3.8, 4) is 5.75 Å². The van der Waals surface area contributed by atoms with E-state index in [1.807, 2.05) is 18.2 Å². The first-order valence-electron chi connectivity index (χ1n) is 12.0. The first-order valence-corrected chi connectivity index (χ1v) is 12.8. The fraction of sp³-hybridized carbons (Fsp3) is 0.286. The van der Waals surface area contributed by atoms with Crippen LogP contribution in [0.25, 0.3) is 5.76 Å². The first kappa shape index (κ1) is 25.4. The van der Waals surface area contributed by atoms with Crippen LogP contribution in [0.3, 0.4) is 0 Å². The van der Waals surface area contributed by atoms with E-state index < -0.39 is 23.5 Å². The van der Waals surface area contributed by atoms with Gasteiger partial charge in [-0.3, -0.25) is 14.5 Å². The van der Waals surface area contributed by atoms with Crippen molar-refractivity contribution in [1.29, 1.82) is 0 Å². The van der Waals surface area contributed by atoms with Crippen LogP contribution in [0.15, 0.2) is 70.9 Å². The number of carbonyl (C=O) groups excluding carboxylic acids is 2. The van der Waals surface area contributed by atoms with E-state index >= 15 is 0 Å². The number of ketones is 1. The lowest BCUT2D eigenvalue weighted by Gasteiger charge is -2.38. The van der Waals surface area contributed by atoms with Crippen molar-refractivity contribution in [3.63, 3.8) is 0 Å². The molecule has 7 nitrogen and oxygen atoms in total. The highest BCUT2D eigenvalue weighted by molar-refractivity contribution is 6.47. The zero-order valence-corrected chi connectivity index (χ0v) is 21.7. The lowest BCUT2D eigenvalue weighted by molar-refractivity contribution is -0.142. The van der Waals surface area contributed by atoms with E-state index in [1.165, 1.54) is 31.1 Å². The molecule has 37 heavy (non-hydrogen) atoms. The average Bonchev–Trinajstić information content (AvgIpc) is 3.51. The Morgan fingerprint density at radius 3 is 2.46 bits per heavy atom. The fourth-order valence-electron chi connectivity index (χ4n) is 5.24. The number of methoxy groups -OCH3 is 1. The molecule has 1 aromatic heterocycles. The summed E-state index contributed by atoms with van der Waals surface area (Å²) in [5.74, 6) is -1.33. The Labute approximate surface area is 224 Å². The normalized spacial score (nSPS) is 20.5. The maximum atomic E-state index is 13.4. The molecule has 0 radical (unpaired) electrons. The minimum absolute atomic E-state index is 0.0803. The van der Waals surface area contributed by atoms with Gasteiger partial charge >= 0.3 is 0 Å². The molecule has 2 aliphatic heterocycles. The van der Waals surface area contributed by atoms with Gasteiger partial charge in [-0.05, 0) is 42.7 Å². The fourth-order valence-corrected chi connectivity index (χ4v) is 5.81. The van der Waals surface area contributed by atoms with Crippen LogP contribution in [-0.4, -0.2) is 52.8 Å². The van der Waals surface area contributed by atoms with Crippen LogP contribution in [0.5, 0.6) is 5.75 Å². The smallest absolute Gasteiger partial charge is 0.296 e. The third-order valence-corrected chi connectivity index (χ3v) is 7.46. The molecule has 3 heterocycles. The highest BCUT2D eigenvalue weighted by Crippen LogP contribution is 2.45.